The molecule has 0 nitrogen and oxygen atoms in total. The average molecular weight is 302 g/mol. The Labute approximate surface area is 107 Å². The molecule has 0 saturated heterocycles. The summed E-state index contributed by atoms with van der Waals surface area (Å²) in [6.07, 6.45) is 0. The van der Waals surface area contributed by atoms with E-state index >= 15 is 0 Å². The smallest absolute Gasteiger partial charge is 0.0499 e. The second-order valence-corrected chi connectivity index (χ2v) is 4.83. The summed E-state index contributed by atoms with van der Waals surface area (Å²) in [5, 5.41) is 1.34. The normalized spacial score (nSPS) is 10.3. The topological polar surface area (TPSA) is 0 Å². The maximum absolute atomic E-state index is 6.11. The minimum absolute atomic E-state index is 0.671. The number of hydrogen-bond acceptors (Lipinski definition) is 0. The molecule has 2 aromatic carbocycles. The molecule has 0 amide bonds. The summed E-state index contributed by atoms with van der Waals surface area (Å²) in [4.78, 5) is 0. The molecule has 0 heterocycles. The Morgan fingerprint density at radius 1 is 0.800 bits per heavy atom. The molecule has 0 aromatic heterocycles. The number of rotatable bonds is 1. The first kappa shape index (κ1) is 11.0. The minimum Gasteiger partial charge on any atom is -0.0836 e. The third-order valence-corrected chi connectivity index (χ3v) is 3.25. The third-order valence-electron chi connectivity index (χ3n) is 2.10. The van der Waals surface area contributed by atoms with Gasteiger partial charge in [0.2, 0.25) is 0 Å². The number of benzene rings is 2. The van der Waals surface area contributed by atoms with Crippen LogP contribution in [0.15, 0.2) is 46.9 Å². The highest BCUT2D eigenvalue weighted by Crippen LogP contribution is 2.34. The van der Waals surface area contributed by atoms with Crippen LogP contribution in [0.4, 0.5) is 0 Å². The molecule has 0 N–H and O–H groups in total. The van der Waals surface area contributed by atoms with E-state index in [9.17, 15) is 0 Å². The van der Waals surface area contributed by atoms with Gasteiger partial charge in [0.25, 0.3) is 0 Å². The zero-order chi connectivity index (χ0) is 10.8. The summed E-state index contributed by atoms with van der Waals surface area (Å²) in [5.41, 5.74) is 1.90. The predicted octanol–water partition coefficient (Wildman–Crippen LogP) is 5.42. The van der Waals surface area contributed by atoms with Crippen molar-refractivity contribution in [2.45, 2.75) is 0 Å². The van der Waals surface area contributed by atoms with E-state index in [-0.39, 0.29) is 0 Å². The van der Waals surface area contributed by atoms with Gasteiger partial charge in [-0.1, -0.05) is 57.3 Å². The van der Waals surface area contributed by atoms with Crippen LogP contribution in [-0.2, 0) is 0 Å². The Morgan fingerprint density at radius 2 is 1.33 bits per heavy atom. The quantitative estimate of drug-likeness (QED) is 0.659. The van der Waals surface area contributed by atoms with Crippen LogP contribution in [0, 0.1) is 0 Å². The molecule has 0 aliphatic rings. The van der Waals surface area contributed by atoms with Crippen LogP contribution >= 0.6 is 39.1 Å². The van der Waals surface area contributed by atoms with Crippen molar-refractivity contribution in [2.24, 2.45) is 0 Å². The fourth-order valence-corrected chi connectivity index (χ4v) is 2.27. The van der Waals surface area contributed by atoms with Crippen molar-refractivity contribution in [3.63, 3.8) is 0 Å². The maximum atomic E-state index is 6.11. The van der Waals surface area contributed by atoms with E-state index in [1.165, 1.54) is 0 Å². The first-order valence-electron chi connectivity index (χ1n) is 4.38. The van der Waals surface area contributed by atoms with Gasteiger partial charge in [-0.25, -0.2) is 0 Å². The highest BCUT2D eigenvalue weighted by molar-refractivity contribution is 9.10. The first-order chi connectivity index (χ1) is 7.18. The molecule has 0 spiro atoms. The van der Waals surface area contributed by atoms with Gasteiger partial charge in [-0.05, 0) is 29.8 Å². The van der Waals surface area contributed by atoms with Gasteiger partial charge < -0.3 is 0 Å². The summed E-state index contributed by atoms with van der Waals surface area (Å²) in [6.45, 7) is 0. The van der Waals surface area contributed by atoms with Gasteiger partial charge in [0, 0.05) is 20.1 Å². The lowest BCUT2D eigenvalue weighted by atomic mass is 10.1. The van der Waals surface area contributed by atoms with Crippen molar-refractivity contribution < 1.29 is 0 Å². The minimum atomic E-state index is 0.671. The molecule has 2 rings (SSSR count). The lowest BCUT2D eigenvalue weighted by Crippen LogP contribution is -1.80. The van der Waals surface area contributed by atoms with E-state index in [0.717, 1.165) is 15.6 Å². The Bertz CT molecular complexity index is 457. The number of halogens is 3. The zero-order valence-electron chi connectivity index (χ0n) is 7.68. The second-order valence-electron chi connectivity index (χ2n) is 3.10. The predicted molar refractivity (Wildman–Crippen MR) is 69.6 cm³/mol. The van der Waals surface area contributed by atoms with Gasteiger partial charge in [0.1, 0.15) is 0 Å². The van der Waals surface area contributed by atoms with Gasteiger partial charge in [0.05, 0.1) is 0 Å². The van der Waals surface area contributed by atoms with Crippen LogP contribution in [0.2, 0.25) is 10.0 Å². The summed E-state index contributed by atoms with van der Waals surface area (Å²) >= 11 is 15.6. The van der Waals surface area contributed by atoms with E-state index in [1.54, 1.807) is 0 Å². The van der Waals surface area contributed by atoms with Gasteiger partial charge in [0.15, 0.2) is 0 Å². The maximum Gasteiger partial charge on any atom is 0.0499 e. The van der Waals surface area contributed by atoms with Crippen LogP contribution in [0.1, 0.15) is 0 Å². The molecule has 0 atom stereocenters. The summed E-state index contributed by atoms with van der Waals surface area (Å²) in [7, 11) is 0. The van der Waals surface area contributed by atoms with Crippen LogP contribution < -0.4 is 0 Å². The molecule has 15 heavy (non-hydrogen) atoms. The fraction of sp³-hybridized carbons (Fsp3) is 0. The molecule has 0 saturated carbocycles. The van der Waals surface area contributed by atoms with Crippen LogP contribution in [0.3, 0.4) is 0 Å². The SMILES string of the molecule is Clc1cccc(Cl)c1-c1ccc(Br)cc1. The van der Waals surface area contributed by atoms with E-state index < -0.39 is 0 Å². The van der Waals surface area contributed by atoms with E-state index in [4.69, 9.17) is 23.2 Å². The van der Waals surface area contributed by atoms with Crippen molar-refractivity contribution >= 4 is 39.1 Å². The Balaban J connectivity index is 2.58. The Kier molecular flexibility index (Phi) is 3.35. The molecular weight excluding hydrogens is 295 g/mol. The highest BCUT2D eigenvalue weighted by atomic mass is 79.9. The molecule has 0 fully saturated rings. The Morgan fingerprint density at radius 3 is 1.87 bits per heavy atom. The lowest BCUT2D eigenvalue weighted by Gasteiger charge is -2.06. The molecule has 3 heteroatoms. The standard InChI is InChI=1S/C12H7BrCl2/c13-9-6-4-8(5-7-9)12-10(14)2-1-3-11(12)15/h1-7H. The molecule has 0 radical (unpaired) electrons. The monoisotopic (exact) mass is 300 g/mol. The van der Waals surface area contributed by atoms with Gasteiger partial charge in [-0.2, -0.15) is 0 Å². The van der Waals surface area contributed by atoms with E-state index in [1.807, 2.05) is 42.5 Å². The summed E-state index contributed by atoms with van der Waals surface area (Å²) in [5.74, 6) is 0. The first-order valence-corrected chi connectivity index (χ1v) is 5.93. The van der Waals surface area contributed by atoms with E-state index in [0.29, 0.717) is 10.0 Å². The van der Waals surface area contributed by atoms with Crippen molar-refractivity contribution in [3.05, 3.63) is 57.0 Å². The summed E-state index contributed by atoms with van der Waals surface area (Å²) in [6, 6.07) is 13.4. The van der Waals surface area contributed by atoms with Crippen molar-refractivity contribution in [1.29, 1.82) is 0 Å². The number of hydrogen-bond donors (Lipinski definition) is 0. The summed E-state index contributed by atoms with van der Waals surface area (Å²) < 4.78 is 1.04. The largest absolute Gasteiger partial charge is 0.0836 e. The second kappa shape index (κ2) is 4.56. The third kappa shape index (κ3) is 2.36. The molecule has 0 bridgehead atoms. The Hall–Kier alpha value is -0.500. The van der Waals surface area contributed by atoms with Crippen LogP contribution in [0.25, 0.3) is 11.1 Å². The van der Waals surface area contributed by atoms with Gasteiger partial charge >= 0.3 is 0 Å². The van der Waals surface area contributed by atoms with Crippen LogP contribution in [-0.4, -0.2) is 0 Å². The van der Waals surface area contributed by atoms with Crippen LogP contribution in [0.5, 0.6) is 0 Å². The van der Waals surface area contributed by atoms with Crippen molar-refractivity contribution in [2.75, 3.05) is 0 Å². The molecular formula is C12H7BrCl2. The molecule has 2 aromatic rings. The lowest BCUT2D eigenvalue weighted by molar-refractivity contribution is 1.59. The average Bonchev–Trinajstić information content (AvgIpc) is 2.20. The zero-order valence-corrected chi connectivity index (χ0v) is 10.8. The molecule has 0 unspecified atom stereocenters. The molecule has 0 aliphatic carbocycles. The molecule has 0 aliphatic heterocycles. The van der Waals surface area contributed by atoms with Crippen molar-refractivity contribution in [3.8, 4) is 11.1 Å². The van der Waals surface area contributed by atoms with Gasteiger partial charge in [-0.3, -0.25) is 0 Å². The van der Waals surface area contributed by atoms with Gasteiger partial charge in [-0.15, -0.1) is 0 Å². The molecule has 76 valence electrons. The highest BCUT2D eigenvalue weighted by Gasteiger charge is 2.07. The van der Waals surface area contributed by atoms with E-state index in [2.05, 4.69) is 15.9 Å². The van der Waals surface area contributed by atoms with Crippen molar-refractivity contribution in [1.82, 2.24) is 0 Å². The fourth-order valence-electron chi connectivity index (χ4n) is 1.39.